The molecule has 0 aliphatic rings. The van der Waals surface area contributed by atoms with Crippen molar-refractivity contribution in [2.75, 3.05) is 0 Å². The lowest BCUT2D eigenvalue weighted by Gasteiger charge is -1.99. The Morgan fingerprint density at radius 2 is 1.91 bits per heavy atom. The van der Waals surface area contributed by atoms with Crippen molar-refractivity contribution < 1.29 is 0 Å². The third-order valence-electron chi connectivity index (χ3n) is 1.53. The first-order chi connectivity index (χ1) is 5.27. The molecule has 60 valence electrons. The van der Waals surface area contributed by atoms with Crippen molar-refractivity contribution in [2.24, 2.45) is 0 Å². The van der Waals surface area contributed by atoms with E-state index in [9.17, 15) is 4.79 Å². The summed E-state index contributed by atoms with van der Waals surface area (Å²) >= 11 is 0. The minimum Gasteiger partial charge on any atom is -0.244 e. The first kappa shape index (κ1) is 7.91. The second-order valence-corrected chi connectivity index (χ2v) is 2.24. The first-order valence-electron chi connectivity index (χ1n) is 3.72. The average Bonchev–Trinajstić information content (AvgIpc) is 2.04. The van der Waals surface area contributed by atoms with Gasteiger partial charge >= 0.3 is 5.69 Å². The lowest BCUT2D eigenvalue weighted by Crippen LogP contribution is -2.17. The number of hydrogen-bond acceptors (Lipinski definition) is 3. The molecule has 0 radical (unpaired) electrons. The fourth-order valence-electron chi connectivity index (χ4n) is 0.958. The Morgan fingerprint density at radius 3 is 2.45 bits per heavy atom. The summed E-state index contributed by atoms with van der Waals surface area (Å²) in [6.45, 7) is 3.95. The van der Waals surface area contributed by atoms with Crippen LogP contribution in [0.5, 0.6) is 0 Å². The van der Waals surface area contributed by atoms with E-state index in [1.165, 1.54) is 0 Å². The maximum atomic E-state index is 10.7. The molecule has 0 saturated heterocycles. The molecule has 0 unspecified atom stereocenters. The van der Waals surface area contributed by atoms with Crippen LogP contribution in [0, 0.1) is 0 Å². The summed E-state index contributed by atoms with van der Waals surface area (Å²) in [4.78, 5) is 14.5. The lowest BCUT2D eigenvalue weighted by molar-refractivity contribution is 0.791. The summed E-state index contributed by atoms with van der Waals surface area (Å²) in [6.07, 6.45) is 1.58. The van der Waals surface area contributed by atoms with E-state index in [2.05, 4.69) is 15.2 Å². The second-order valence-electron chi connectivity index (χ2n) is 2.24. The van der Waals surface area contributed by atoms with E-state index in [-0.39, 0.29) is 5.69 Å². The highest BCUT2D eigenvalue weighted by Crippen LogP contribution is 1.98. The molecule has 0 aromatic carbocycles. The Morgan fingerprint density at radius 1 is 1.27 bits per heavy atom. The van der Waals surface area contributed by atoms with Crippen LogP contribution in [0.3, 0.4) is 0 Å². The van der Waals surface area contributed by atoms with E-state index < -0.39 is 0 Å². The average molecular weight is 153 g/mol. The van der Waals surface area contributed by atoms with Gasteiger partial charge in [0.05, 0.1) is 11.4 Å². The monoisotopic (exact) mass is 153 g/mol. The summed E-state index contributed by atoms with van der Waals surface area (Å²) in [7, 11) is 0. The largest absolute Gasteiger partial charge is 0.361 e. The highest BCUT2D eigenvalue weighted by atomic mass is 16.1. The predicted octanol–water partition coefficient (Wildman–Crippen LogP) is 0.290. The molecule has 0 amide bonds. The zero-order chi connectivity index (χ0) is 8.27. The molecule has 0 saturated carbocycles. The van der Waals surface area contributed by atoms with E-state index in [0.29, 0.717) is 0 Å². The van der Waals surface area contributed by atoms with Crippen LogP contribution in [-0.2, 0) is 12.8 Å². The van der Waals surface area contributed by atoms with Crippen LogP contribution in [0.1, 0.15) is 25.2 Å². The Hall–Kier alpha value is -1.19. The molecular weight excluding hydrogens is 142 g/mol. The number of aromatic nitrogens is 3. The van der Waals surface area contributed by atoms with Crippen molar-refractivity contribution >= 4 is 0 Å². The van der Waals surface area contributed by atoms with E-state index in [0.717, 1.165) is 24.2 Å². The minimum absolute atomic E-state index is 0.362. The normalized spacial score (nSPS) is 10.0. The molecule has 1 heterocycles. The number of nitrogens with one attached hydrogen (secondary N) is 1. The van der Waals surface area contributed by atoms with Gasteiger partial charge in [0.25, 0.3) is 0 Å². The summed E-state index contributed by atoms with van der Waals surface area (Å²) in [5, 5.41) is 6.18. The molecule has 0 spiro atoms. The second kappa shape index (κ2) is 3.27. The summed E-state index contributed by atoms with van der Waals surface area (Å²) in [5.41, 5.74) is 1.32. The molecule has 1 aromatic rings. The van der Waals surface area contributed by atoms with Gasteiger partial charge in [0, 0.05) is 0 Å². The van der Waals surface area contributed by atoms with Crippen molar-refractivity contribution in [3.8, 4) is 0 Å². The van der Waals surface area contributed by atoms with Crippen molar-refractivity contribution in [1.82, 2.24) is 15.2 Å². The van der Waals surface area contributed by atoms with Gasteiger partial charge in [0.2, 0.25) is 0 Å². The number of hydrogen-bond donors (Lipinski definition) is 1. The highest BCUT2D eigenvalue weighted by molar-refractivity contribution is 5.07. The fourth-order valence-corrected chi connectivity index (χ4v) is 0.958. The van der Waals surface area contributed by atoms with Crippen LogP contribution in [0.15, 0.2) is 4.79 Å². The standard InChI is InChI=1S/C7H11N3O/c1-3-5-6(4-2)9-10-7(11)8-5/h3-4H2,1-2H3,(H,8,10,11). The molecule has 0 bridgehead atoms. The van der Waals surface area contributed by atoms with Crippen LogP contribution < -0.4 is 5.69 Å². The minimum atomic E-state index is -0.362. The van der Waals surface area contributed by atoms with Gasteiger partial charge in [-0.3, -0.25) is 0 Å². The quantitative estimate of drug-likeness (QED) is 0.664. The van der Waals surface area contributed by atoms with Gasteiger partial charge in [-0.1, -0.05) is 13.8 Å². The van der Waals surface area contributed by atoms with Gasteiger partial charge in [0.1, 0.15) is 0 Å². The molecule has 0 fully saturated rings. The first-order valence-corrected chi connectivity index (χ1v) is 3.72. The van der Waals surface area contributed by atoms with Gasteiger partial charge in [-0.05, 0) is 12.8 Å². The SMILES string of the molecule is CCc1n[nH]c(=O)nc1CC. The van der Waals surface area contributed by atoms with Crippen molar-refractivity contribution in [1.29, 1.82) is 0 Å². The molecule has 4 heteroatoms. The van der Waals surface area contributed by atoms with E-state index in [1.807, 2.05) is 13.8 Å². The zero-order valence-electron chi connectivity index (χ0n) is 6.72. The molecule has 0 aliphatic carbocycles. The lowest BCUT2D eigenvalue weighted by atomic mass is 10.2. The topological polar surface area (TPSA) is 58.6 Å². The van der Waals surface area contributed by atoms with Gasteiger partial charge in [-0.25, -0.2) is 9.89 Å². The Balaban J connectivity index is 3.16. The molecular formula is C7H11N3O. The highest BCUT2D eigenvalue weighted by Gasteiger charge is 2.01. The molecule has 1 aromatic heterocycles. The molecule has 0 atom stereocenters. The number of aromatic amines is 1. The predicted molar refractivity (Wildman–Crippen MR) is 41.4 cm³/mol. The van der Waals surface area contributed by atoms with Crippen molar-refractivity contribution in [3.05, 3.63) is 21.9 Å². The maximum absolute atomic E-state index is 10.7. The van der Waals surface area contributed by atoms with Crippen LogP contribution >= 0.6 is 0 Å². The molecule has 4 nitrogen and oxygen atoms in total. The van der Waals surface area contributed by atoms with E-state index in [4.69, 9.17) is 0 Å². The number of rotatable bonds is 2. The van der Waals surface area contributed by atoms with Crippen LogP contribution in [0.25, 0.3) is 0 Å². The van der Waals surface area contributed by atoms with Crippen molar-refractivity contribution in [3.63, 3.8) is 0 Å². The molecule has 0 aliphatic heterocycles. The third kappa shape index (κ3) is 1.63. The number of H-pyrrole nitrogens is 1. The van der Waals surface area contributed by atoms with Crippen molar-refractivity contribution in [2.45, 2.75) is 26.7 Å². The maximum Gasteiger partial charge on any atom is 0.361 e. The zero-order valence-corrected chi connectivity index (χ0v) is 6.72. The number of nitrogens with zero attached hydrogens (tertiary/aromatic N) is 2. The Kier molecular flexibility index (Phi) is 2.36. The molecule has 11 heavy (non-hydrogen) atoms. The Labute approximate surface area is 64.7 Å². The number of aryl methyl sites for hydroxylation is 2. The summed E-state index contributed by atoms with van der Waals surface area (Å²) in [6, 6.07) is 0. The van der Waals surface area contributed by atoms with Gasteiger partial charge < -0.3 is 0 Å². The molecule has 1 N–H and O–H groups in total. The fraction of sp³-hybridized carbons (Fsp3) is 0.571. The van der Waals surface area contributed by atoms with Crippen LogP contribution in [-0.4, -0.2) is 15.2 Å². The van der Waals surface area contributed by atoms with Gasteiger partial charge in [-0.15, -0.1) is 0 Å². The third-order valence-corrected chi connectivity index (χ3v) is 1.53. The van der Waals surface area contributed by atoms with E-state index >= 15 is 0 Å². The van der Waals surface area contributed by atoms with Gasteiger partial charge in [-0.2, -0.15) is 10.1 Å². The van der Waals surface area contributed by atoms with Gasteiger partial charge in [0.15, 0.2) is 0 Å². The van der Waals surface area contributed by atoms with E-state index in [1.54, 1.807) is 0 Å². The summed E-state index contributed by atoms with van der Waals surface area (Å²) in [5.74, 6) is 0. The molecule has 1 rings (SSSR count). The van der Waals surface area contributed by atoms with Crippen LogP contribution in [0.2, 0.25) is 0 Å². The Bertz CT molecular complexity index is 292. The summed E-state index contributed by atoms with van der Waals surface area (Å²) < 4.78 is 0. The van der Waals surface area contributed by atoms with Crippen LogP contribution in [0.4, 0.5) is 0 Å². The smallest absolute Gasteiger partial charge is 0.244 e.